The maximum absolute atomic E-state index is 13.7. The van der Waals surface area contributed by atoms with Gasteiger partial charge in [-0.3, -0.25) is 4.79 Å². The van der Waals surface area contributed by atoms with E-state index < -0.39 is 5.82 Å². The molecule has 1 atom stereocenters. The summed E-state index contributed by atoms with van der Waals surface area (Å²) < 4.78 is 13.7. The Labute approximate surface area is 132 Å². The maximum Gasteiger partial charge on any atom is 0.227 e. The van der Waals surface area contributed by atoms with E-state index in [1.165, 1.54) is 6.07 Å². The first-order chi connectivity index (χ1) is 9.63. The molecule has 0 aliphatic carbocycles. The van der Waals surface area contributed by atoms with Gasteiger partial charge in [0.25, 0.3) is 0 Å². The van der Waals surface area contributed by atoms with E-state index in [1.807, 2.05) is 4.90 Å². The Morgan fingerprint density at radius 2 is 2.30 bits per heavy atom. The van der Waals surface area contributed by atoms with Crippen LogP contribution in [0.1, 0.15) is 31.2 Å². The Morgan fingerprint density at radius 3 is 3.00 bits per heavy atom. The Bertz CT molecular complexity index is 463. The van der Waals surface area contributed by atoms with Crippen LogP contribution in [-0.2, 0) is 11.2 Å². The van der Waals surface area contributed by atoms with Crippen LogP contribution in [-0.4, -0.2) is 28.7 Å². The SMILES string of the molecule is O=C(Cc1c(F)cccc1Cl)N1CCCC1CCCBr. The van der Waals surface area contributed by atoms with Crippen LogP contribution in [0.25, 0.3) is 0 Å². The summed E-state index contributed by atoms with van der Waals surface area (Å²) in [5.74, 6) is -0.420. The molecule has 1 fully saturated rings. The molecule has 0 aromatic heterocycles. The van der Waals surface area contributed by atoms with E-state index in [-0.39, 0.29) is 12.3 Å². The van der Waals surface area contributed by atoms with Gasteiger partial charge in [-0.2, -0.15) is 0 Å². The predicted octanol–water partition coefficient (Wildman–Crippen LogP) is 4.19. The fraction of sp³-hybridized carbons (Fsp3) is 0.533. The summed E-state index contributed by atoms with van der Waals surface area (Å²) in [6, 6.07) is 4.83. The standard InChI is InChI=1S/C15H18BrClFNO/c16-8-2-4-11-5-3-9-19(11)15(20)10-12-13(17)6-1-7-14(12)18/h1,6-7,11H,2-5,8-10H2. The molecule has 5 heteroatoms. The number of hydrogen-bond donors (Lipinski definition) is 0. The van der Waals surface area contributed by atoms with Crippen LogP contribution in [0.2, 0.25) is 5.02 Å². The molecule has 2 rings (SSSR count). The van der Waals surface area contributed by atoms with Gasteiger partial charge in [0.15, 0.2) is 0 Å². The molecule has 20 heavy (non-hydrogen) atoms. The second kappa shape index (κ2) is 7.41. The van der Waals surface area contributed by atoms with Crippen molar-refractivity contribution in [2.45, 2.75) is 38.1 Å². The normalized spacial score (nSPS) is 18.6. The first-order valence-corrected chi connectivity index (χ1v) is 8.41. The van der Waals surface area contributed by atoms with E-state index in [0.29, 0.717) is 16.6 Å². The van der Waals surface area contributed by atoms with E-state index >= 15 is 0 Å². The van der Waals surface area contributed by atoms with Crippen molar-refractivity contribution in [2.75, 3.05) is 11.9 Å². The van der Waals surface area contributed by atoms with Gasteiger partial charge >= 0.3 is 0 Å². The molecule has 110 valence electrons. The van der Waals surface area contributed by atoms with Crippen molar-refractivity contribution in [1.82, 2.24) is 4.90 Å². The molecule has 1 saturated heterocycles. The van der Waals surface area contributed by atoms with E-state index in [2.05, 4.69) is 15.9 Å². The van der Waals surface area contributed by atoms with E-state index in [0.717, 1.165) is 37.6 Å². The minimum absolute atomic E-state index is 0.0194. The number of carbonyl (C=O) groups is 1. The second-order valence-corrected chi connectivity index (χ2v) is 6.29. The number of halogens is 3. The van der Waals surface area contributed by atoms with Crippen molar-refractivity contribution >= 4 is 33.4 Å². The number of amides is 1. The van der Waals surface area contributed by atoms with Gasteiger partial charge in [-0.25, -0.2) is 4.39 Å². The van der Waals surface area contributed by atoms with Crippen LogP contribution < -0.4 is 0 Å². The van der Waals surface area contributed by atoms with Gasteiger partial charge in [-0.1, -0.05) is 33.6 Å². The summed E-state index contributed by atoms with van der Waals surface area (Å²) in [4.78, 5) is 14.3. The van der Waals surface area contributed by atoms with Gasteiger partial charge in [0.2, 0.25) is 5.91 Å². The lowest BCUT2D eigenvalue weighted by atomic mass is 10.1. The van der Waals surface area contributed by atoms with Crippen LogP contribution in [0.15, 0.2) is 18.2 Å². The average molecular weight is 363 g/mol. The maximum atomic E-state index is 13.7. The lowest BCUT2D eigenvalue weighted by Gasteiger charge is -2.25. The Hall–Kier alpha value is -0.610. The highest BCUT2D eigenvalue weighted by molar-refractivity contribution is 9.09. The summed E-state index contributed by atoms with van der Waals surface area (Å²) in [6.07, 6.45) is 4.18. The Kier molecular flexibility index (Phi) is 5.85. The zero-order chi connectivity index (χ0) is 14.5. The summed E-state index contributed by atoms with van der Waals surface area (Å²) in [6.45, 7) is 0.776. The third kappa shape index (κ3) is 3.73. The van der Waals surface area contributed by atoms with Crippen LogP contribution in [0.3, 0.4) is 0 Å². The van der Waals surface area contributed by atoms with Gasteiger partial charge in [-0.15, -0.1) is 0 Å². The van der Waals surface area contributed by atoms with Gasteiger partial charge in [-0.05, 0) is 37.8 Å². The summed E-state index contributed by atoms with van der Waals surface area (Å²) in [5, 5.41) is 1.28. The lowest BCUT2D eigenvalue weighted by Crippen LogP contribution is -2.36. The minimum Gasteiger partial charge on any atom is -0.339 e. The molecule has 1 aliphatic rings. The van der Waals surface area contributed by atoms with E-state index in [4.69, 9.17) is 11.6 Å². The molecule has 0 spiro atoms. The topological polar surface area (TPSA) is 20.3 Å². The number of alkyl halides is 1. The Morgan fingerprint density at radius 1 is 1.50 bits per heavy atom. The van der Waals surface area contributed by atoms with E-state index in [9.17, 15) is 9.18 Å². The quantitative estimate of drug-likeness (QED) is 0.719. The molecule has 1 aromatic rings. The second-order valence-electron chi connectivity index (χ2n) is 5.09. The van der Waals surface area contributed by atoms with Gasteiger partial charge in [0.05, 0.1) is 6.42 Å². The first kappa shape index (κ1) is 15.8. The van der Waals surface area contributed by atoms with Gasteiger partial charge in [0, 0.05) is 28.5 Å². The number of nitrogens with zero attached hydrogens (tertiary/aromatic N) is 1. The van der Waals surface area contributed by atoms with Crippen molar-refractivity contribution in [2.24, 2.45) is 0 Å². The highest BCUT2D eigenvalue weighted by Gasteiger charge is 2.28. The largest absolute Gasteiger partial charge is 0.339 e. The van der Waals surface area contributed by atoms with Crippen LogP contribution in [0.4, 0.5) is 4.39 Å². The lowest BCUT2D eigenvalue weighted by molar-refractivity contribution is -0.131. The predicted molar refractivity (Wildman–Crippen MR) is 82.9 cm³/mol. The molecule has 0 bridgehead atoms. The van der Waals surface area contributed by atoms with Gasteiger partial charge in [0.1, 0.15) is 5.82 Å². The van der Waals surface area contributed by atoms with Crippen molar-refractivity contribution < 1.29 is 9.18 Å². The van der Waals surface area contributed by atoms with Crippen molar-refractivity contribution in [3.8, 4) is 0 Å². The average Bonchev–Trinajstić information content (AvgIpc) is 2.89. The van der Waals surface area contributed by atoms with Crippen LogP contribution >= 0.6 is 27.5 Å². The fourth-order valence-electron chi connectivity index (χ4n) is 2.73. The summed E-state index contributed by atoms with van der Waals surface area (Å²) in [7, 11) is 0. The van der Waals surface area contributed by atoms with Crippen LogP contribution in [0, 0.1) is 5.82 Å². The number of likely N-dealkylation sites (tertiary alicyclic amines) is 1. The minimum atomic E-state index is -0.401. The fourth-order valence-corrected chi connectivity index (χ4v) is 3.28. The molecule has 1 amide bonds. The highest BCUT2D eigenvalue weighted by Crippen LogP contribution is 2.25. The molecule has 2 nitrogen and oxygen atoms in total. The third-order valence-electron chi connectivity index (χ3n) is 3.76. The van der Waals surface area contributed by atoms with Crippen molar-refractivity contribution in [1.29, 1.82) is 0 Å². The molecule has 1 heterocycles. The molecule has 1 aromatic carbocycles. The number of carbonyl (C=O) groups excluding carboxylic acids is 1. The van der Waals surface area contributed by atoms with Crippen molar-refractivity contribution in [3.05, 3.63) is 34.6 Å². The first-order valence-electron chi connectivity index (χ1n) is 6.92. The third-order valence-corrected chi connectivity index (χ3v) is 4.67. The molecule has 0 radical (unpaired) electrons. The van der Waals surface area contributed by atoms with Crippen molar-refractivity contribution in [3.63, 3.8) is 0 Å². The van der Waals surface area contributed by atoms with Crippen LogP contribution in [0.5, 0.6) is 0 Å². The molecule has 1 aliphatic heterocycles. The molecular formula is C15H18BrClFNO. The molecule has 1 unspecified atom stereocenters. The summed E-state index contributed by atoms with van der Waals surface area (Å²) >= 11 is 9.40. The highest BCUT2D eigenvalue weighted by atomic mass is 79.9. The van der Waals surface area contributed by atoms with Gasteiger partial charge < -0.3 is 4.90 Å². The zero-order valence-electron chi connectivity index (χ0n) is 11.2. The number of rotatable bonds is 5. The number of benzene rings is 1. The number of hydrogen-bond acceptors (Lipinski definition) is 1. The molecular weight excluding hydrogens is 345 g/mol. The monoisotopic (exact) mass is 361 g/mol. The Balaban J connectivity index is 2.04. The summed E-state index contributed by atoms with van der Waals surface area (Å²) in [5.41, 5.74) is 0.310. The van der Waals surface area contributed by atoms with E-state index in [1.54, 1.807) is 12.1 Å². The zero-order valence-corrected chi connectivity index (χ0v) is 13.6. The smallest absolute Gasteiger partial charge is 0.227 e. The molecule has 0 saturated carbocycles. The molecule has 0 N–H and O–H groups in total.